The van der Waals surface area contributed by atoms with E-state index < -0.39 is 0 Å². The van der Waals surface area contributed by atoms with Gasteiger partial charge in [0, 0.05) is 5.56 Å². The molecule has 0 radical (unpaired) electrons. The second-order valence-corrected chi connectivity index (χ2v) is 7.45. The Morgan fingerprint density at radius 1 is 1.16 bits per heavy atom. The Balaban J connectivity index is 1.92. The molecule has 2 aromatic carbocycles. The number of rotatable bonds is 7. The topological polar surface area (TPSA) is 102 Å². The summed E-state index contributed by atoms with van der Waals surface area (Å²) in [6, 6.07) is 13.4. The first-order valence-electron chi connectivity index (χ1n) is 10.6. The molecule has 0 bridgehead atoms. The molecule has 0 aromatic heterocycles. The summed E-state index contributed by atoms with van der Waals surface area (Å²) in [6.07, 6.45) is 6.44. The van der Waals surface area contributed by atoms with Gasteiger partial charge in [-0.1, -0.05) is 24.0 Å². The van der Waals surface area contributed by atoms with Crippen LogP contribution in [0.15, 0.2) is 47.5 Å². The average molecular weight is 433 g/mol. The van der Waals surface area contributed by atoms with E-state index in [0.717, 1.165) is 29.7 Å². The molecule has 0 aliphatic heterocycles. The molecule has 3 N–H and O–H groups in total. The first kappa shape index (κ1) is 22.8. The summed E-state index contributed by atoms with van der Waals surface area (Å²) in [6.45, 7) is 0.284. The molecule has 0 spiro atoms. The van der Waals surface area contributed by atoms with E-state index in [1.54, 1.807) is 20.4 Å². The largest absolute Gasteiger partial charge is 0.497 e. The van der Waals surface area contributed by atoms with E-state index in [-0.39, 0.29) is 24.5 Å². The standard InChI is InChI=1S/C25H28N4O3/c1-30-22-9-5-6-18(14-22)10-11-20(16-28-25(27)29-17-26)19-12-13-23(31-2)24(15-19)32-21-7-3-4-8-21/h5-6,9,12-15,20-21H,3-4,7-8,16H2,1-2H3,(H3,27,28,29). The number of methoxy groups -OCH3 is 2. The molecular weight excluding hydrogens is 404 g/mol. The zero-order valence-electron chi connectivity index (χ0n) is 18.4. The lowest BCUT2D eigenvalue weighted by Crippen LogP contribution is -2.28. The van der Waals surface area contributed by atoms with Gasteiger partial charge in [-0.2, -0.15) is 5.26 Å². The molecule has 1 atom stereocenters. The minimum absolute atomic E-state index is 0.0524. The number of nitrogens with zero attached hydrogens (tertiary/aromatic N) is 2. The summed E-state index contributed by atoms with van der Waals surface area (Å²) in [5, 5.41) is 11.1. The van der Waals surface area contributed by atoms with Crippen LogP contribution >= 0.6 is 0 Å². The summed E-state index contributed by atoms with van der Waals surface area (Å²) in [4.78, 5) is 4.27. The molecular formula is C25H28N4O3. The molecule has 0 amide bonds. The second kappa shape index (κ2) is 11.5. The number of guanidine groups is 1. The molecule has 0 heterocycles. The molecule has 0 saturated heterocycles. The van der Waals surface area contributed by atoms with Gasteiger partial charge in [0.05, 0.1) is 32.8 Å². The average Bonchev–Trinajstić information content (AvgIpc) is 3.32. The summed E-state index contributed by atoms with van der Waals surface area (Å²) >= 11 is 0. The normalized spacial score (nSPS) is 14.6. The third-order valence-electron chi connectivity index (χ3n) is 5.27. The Kier molecular flexibility index (Phi) is 8.22. The molecule has 1 saturated carbocycles. The Morgan fingerprint density at radius 2 is 1.97 bits per heavy atom. The van der Waals surface area contributed by atoms with Crippen molar-refractivity contribution >= 4 is 5.96 Å². The predicted octanol–water partition coefficient (Wildman–Crippen LogP) is 3.55. The summed E-state index contributed by atoms with van der Waals surface area (Å²) in [5.41, 5.74) is 7.51. The number of hydrogen-bond donors (Lipinski definition) is 2. The van der Waals surface area contributed by atoms with Crippen LogP contribution in [-0.2, 0) is 0 Å². The minimum Gasteiger partial charge on any atom is -0.497 e. The highest BCUT2D eigenvalue weighted by molar-refractivity contribution is 5.79. The lowest BCUT2D eigenvalue weighted by molar-refractivity contribution is 0.200. The van der Waals surface area contributed by atoms with Crippen molar-refractivity contribution in [1.82, 2.24) is 5.32 Å². The van der Waals surface area contributed by atoms with Gasteiger partial charge in [0.2, 0.25) is 5.96 Å². The van der Waals surface area contributed by atoms with Crippen molar-refractivity contribution in [2.75, 3.05) is 20.8 Å². The van der Waals surface area contributed by atoms with Crippen molar-refractivity contribution in [1.29, 1.82) is 5.26 Å². The molecule has 32 heavy (non-hydrogen) atoms. The first-order valence-corrected chi connectivity index (χ1v) is 10.6. The molecule has 1 fully saturated rings. The third kappa shape index (κ3) is 6.33. The van der Waals surface area contributed by atoms with Crippen LogP contribution in [0, 0.1) is 23.3 Å². The van der Waals surface area contributed by atoms with Gasteiger partial charge in [0.25, 0.3) is 0 Å². The van der Waals surface area contributed by atoms with Crippen LogP contribution in [0.25, 0.3) is 0 Å². The van der Waals surface area contributed by atoms with Gasteiger partial charge >= 0.3 is 0 Å². The Morgan fingerprint density at radius 3 is 2.69 bits per heavy atom. The van der Waals surface area contributed by atoms with Gasteiger partial charge in [0.1, 0.15) is 5.75 Å². The number of benzene rings is 2. The Hall–Kier alpha value is -3.84. The monoisotopic (exact) mass is 432 g/mol. The smallest absolute Gasteiger partial charge is 0.202 e. The Labute approximate surface area is 189 Å². The van der Waals surface area contributed by atoms with E-state index in [9.17, 15) is 0 Å². The zero-order chi connectivity index (χ0) is 22.8. The van der Waals surface area contributed by atoms with E-state index >= 15 is 0 Å². The maximum absolute atomic E-state index is 8.76. The zero-order valence-corrected chi connectivity index (χ0v) is 18.4. The summed E-state index contributed by atoms with van der Waals surface area (Å²) in [5.74, 6) is 8.40. The number of ether oxygens (including phenoxy) is 3. The molecule has 2 aromatic rings. The van der Waals surface area contributed by atoms with Gasteiger partial charge in [-0.15, -0.1) is 0 Å². The highest BCUT2D eigenvalue weighted by Gasteiger charge is 2.20. The molecule has 166 valence electrons. The van der Waals surface area contributed by atoms with Crippen molar-refractivity contribution in [2.45, 2.75) is 37.7 Å². The number of nitriles is 1. The van der Waals surface area contributed by atoms with Crippen molar-refractivity contribution in [2.24, 2.45) is 10.7 Å². The van der Waals surface area contributed by atoms with Gasteiger partial charge in [-0.3, -0.25) is 10.3 Å². The number of nitrogens with one attached hydrogen (secondary N) is 1. The first-order chi connectivity index (χ1) is 15.6. The van der Waals surface area contributed by atoms with E-state index in [4.69, 9.17) is 25.2 Å². The van der Waals surface area contributed by atoms with E-state index in [2.05, 4.69) is 22.2 Å². The molecule has 1 aliphatic carbocycles. The van der Waals surface area contributed by atoms with Gasteiger partial charge in [0.15, 0.2) is 17.7 Å². The van der Waals surface area contributed by atoms with E-state index in [1.165, 1.54) is 12.8 Å². The quantitative estimate of drug-likeness (QED) is 0.228. The van der Waals surface area contributed by atoms with Crippen LogP contribution in [-0.4, -0.2) is 32.8 Å². The highest BCUT2D eigenvalue weighted by Crippen LogP contribution is 2.34. The maximum atomic E-state index is 8.76. The highest BCUT2D eigenvalue weighted by atomic mass is 16.5. The van der Waals surface area contributed by atoms with Crippen LogP contribution in [0.5, 0.6) is 17.2 Å². The second-order valence-electron chi connectivity index (χ2n) is 7.45. The SMILES string of the molecule is COc1cccc(C#CC(CN=C(N)NC#N)c2ccc(OC)c(OC3CCCC3)c2)c1. The molecule has 7 nitrogen and oxygen atoms in total. The van der Waals surface area contributed by atoms with Gasteiger partial charge < -0.3 is 19.9 Å². The van der Waals surface area contributed by atoms with Crippen molar-refractivity contribution in [3.63, 3.8) is 0 Å². The lowest BCUT2D eigenvalue weighted by atomic mass is 9.98. The molecule has 3 rings (SSSR count). The molecule has 1 unspecified atom stereocenters. The number of aliphatic imine (C=N–C) groups is 1. The Bertz CT molecular complexity index is 1040. The lowest BCUT2D eigenvalue weighted by Gasteiger charge is -2.18. The van der Waals surface area contributed by atoms with E-state index in [0.29, 0.717) is 11.5 Å². The van der Waals surface area contributed by atoms with Gasteiger partial charge in [-0.25, -0.2) is 0 Å². The summed E-state index contributed by atoms with van der Waals surface area (Å²) in [7, 11) is 3.26. The molecule has 1 aliphatic rings. The number of hydrogen-bond acceptors (Lipinski definition) is 5. The number of nitrogens with two attached hydrogens (primary N) is 1. The fourth-order valence-electron chi connectivity index (χ4n) is 3.58. The van der Waals surface area contributed by atoms with E-state index in [1.807, 2.05) is 42.5 Å². The van der Waals surface area contributed by atoms with Crippen LogP contribution in [0.3, 0.4) is 0 Å². The van der Waals surface area contributed by atoms with Crippen LogP contribution < -0.4 is 25.3 Å². The maximum Gasteiger partial charge on any atom is 0.202 e. The van der Waals surface area contributed by atoms with Crippen molar-refractivity contribution in [3.05, 3.63) is 53.6 Å². The van der Waals surface area contributed by atoms with Crippen molar-refractivity contribution in [3.8, 4) is 35.3 Å². The van der Waals surface area contributed by atoms with Crippen LogP contribution in [0.2, 0.25) is 0 Å². The molecule has 7 heteroatoms. The van der Waals surface area contributed by atoms with Crippen LogP contribution in [0.4, 0.5) is 0 Å². The predicted molar refractivity (Wildman–Crippen MR) is 124 cm³/mol. The van der Waals surface area contributed by atoms with Crippen molar-refractivity contribution < 1.29 is 14.2 Å². The summed E-state index contributed by atoms with van der Waals surface area (Å²) < 4.78 is 17.0. The fraction of sp³-hybridized carbons (Fsp3) is 0.360. The fourth-order valence-corrected chi connectivity index (χ4v) is 3.58. The van der Waals surface area contributed by atoms with Gasteiger partial charge in [-0.05, 0) is 61.6 Å². The van der Waals surface area contributed by atoms with Crippen LogP contribution in [0.1, 0.15) is 42.7 Å². The third-order valence-corrected chi connectivity index (χ3v) is 5.27. The minimum atomic E-state index is -0.267.